The van der Waals surface area contributed by atoms with E-state index in [0.717, 1.165) is 24.8 Å². The quantitative estimate of drug-likeness (QED) is 0.760. The molecule has 1 aliphatic rings. The Morgan fingerprint density at radius 2 is 2.05 bits per heavy atom. The van der Waals surface area contributed by atoms with Gasteiger partial charge in [0.2, 0.25) is 5.28 Å². The minimum absolute atomic E-state index is 0.0970. The van der Waals surface area contributed by atoms with E-state index in [9.17, 15) is 4.79 Å². The van der Waals surface area contributed by atoms with E-state index in [1.54, 1.807) is 14.0 Å². The van der Waals surface area contributed by atoms with Crippen molar-refractivity contribution in [3.8, 4) is 0 Å². The van der Waals surface area contributed by atoms with Gasteiger partial charge in [-0.1, -0.05) is 13.0 Å². The SMILES string of the molecule is Cc1nc2c(C3=CCC(C)CC3)nc(Cl)nc2c(=O)n1C. The van der Waals surface area contributed by atoms with E-state index in [-0.39, 0.29) is 16.4 Å². The third kappa shape index (κ3) is 2.46. The number of aryl methyl sites for hydroxylation is 1. The van der Waals surface area contributed by atoms with Gasteiger partial charge < -0.3 is 0 Å². The predicted octanol–water partition coefficient (Wildman–Crippen LogP) is 2.89. The number of halogens is 1. The molecular weight excluding hydrogens is 288 g/mol. The topological polar surface area (TPSA) is 60.7 Å². The van der Waals surface area contributed by atoms with Crippen LogP contribution in [-0.2, 0) is 7.05 Å². The number of nitrogens with zero attached hydrogens (tertiary/aromatic N) is 4. The summed E-state index contributed by atoms with van der Waals surface area (Å²) in [7, 11) is 1.68. The summed E-state index contributed by atoms with van der Waals surface area (Å²) < 4.78 is 1.48. The maximum atomic E-state index is 12.3. The Bertz CT molecular complexity index is 809. The summed E-state index contributed by atoms with van der Waals surface area (Å²) in [5, 5.41) is 0.0970. The van der Waals surface area contributed by atoms with Crippen LogP contribution in [0.3, 0.4) is 0 Å². The third-order valence-corrected chi connectivity index (χ3v) is 4.27. The van der Waals surface area contributed by atoms with Crippen LogP contribution in [0.4, 0.5) is 0 Å². The van der Waals surface area contributed by atoms with Gasteiger partial charge in [0.25, 0.3) is 5.56 Å². The van der Waals surface area contributed by atoms with Crippen molar-refractivity contribution < 1.29 is 0 Å². The molecule has 3 rings (SSSR count). The van der Waals surface area contributed by atoms with Crippen LogP contribution in [0.15, 0.2) is 10.9 Å². The fraction of sp³-hybridized carbons (Fsp3) is 0.467. The lowest BCUT2D eigenvalue weighted by atomic mass is 9.89. The summed E-state index contributed by atoms with van der Waals surface area (Å²) in [6.07, 6.45) is 5.24. The van der Waals surface area contributed by atoms with Crippen molar-refractivity contribution in [1.82, 2.24) is 19.5 Å². The third-order valence-electron chi connectivity index (χ3n) is 4.10. The lowest BCUT2D eigenvalue weighted by Gasteiger charge is -2.18. The summed E-state index contributed by atoms with van der Waals surface area (Å²) in [6.45, 7) is 4.03. The lowest BCUT2D eigenvalue weighted by molar-refractivity contribution is 0.533. The van der Waals surface area contributed by atoms with Crippen LogP contribution < -0.4 is 5.56 Å². The molecule has 2 aromatic heterocycles. The van der Waals surface area contributed by atoms with Crippen molar-refractivity contribution in [3.63, 3.8) is 0 Å². The fourth-order valence-electron chi connectivity index (χ4n) is 2.63. The first-order valence-corrected chi connectivity index (χ1v) is 7.45. The molecule has 1 atom stereocenters. The van der Waals surface area contributed by atoms with Gasteiger partial charge in [-0.25, -0.2) is 15.0 Å². The van der Waals surface area contributed by atoms with Crippen LogP contribution in [0.25, 0.3) is 16.6 Å². The summed E-state index contributed by atoms with van der Waals surface area (Å²) in [5.41, 5.74) is 2.48. The molecule has 6 heteroatoms. The van der Waals surface area contributed by atoms with Crippen molar-refractivity contribution in [2.75, 3.05) is 0 Å². The molecule has 0 amide bonds. The second-order valence-electron chi connectivity index (χ2n) is 5.67. The number of rotatable bonds is 1. The largest absolute Gasteiger partial charge is 0.298 e. The maximum absolute atomic E-state index is 12.3. The minimum atomic E-state index is -0.187. The standard InChI is InChI=1S/C15H17ClN4O/c1-8-4-6-10(7-5-8)11-12-13(19-15(16)18-11)14(21)20(3)9(2)17-12/h6,8H,4-5,7H2,1-3H3. The number of hydrogen-bond acceptors (Lipinski definition) is 4. The van der Waals surface area contributed by atoms with Crippen molar-refractivity contribution in [2.45, 2.75) is 33.1 Å². The molecule has 2 aromatic rings. The van der Waals surface area contributed by atoms with E-state index < -0.39 is 0 Å². The predicted molar refractivity (Wildman–Crippen MR) is 83.3 cm³/mol. The lowest BCUT2D eigenvalue weighted by Crippen LogP contribution is -2.22. The van der Waals surface area contributed by atoms with Gasteiger partial charge in [0.05, 0.1) is 5.69 Å². The highest BCUT2D eigenvalue weighted by Crippen LogP contribution is 2.31. The first kappa shape index (κ1) is 14.2. The van der Waals surface area contributed by atoms with Crippen LogP contribution in [0.2, 0.25) is 5.28 Å². The first-order chi connectivity index (χ1) is 9.97. The number of fused-ring (bicyclic) bond motifs is 1. The zero-order valence-electron chi connectivity index (χ0n) is 12.4. The van der Waals surface area contributed by atoms with E-state index in [0.29, 0.717) is 23.0 Å². The Balaban J connectivity index is 2.30. The monoisotopic (exact) mass is 304 g/mol. The normalized spacial score (nSPS) is 18.9. The molecule has 1 unspecified atom stereocenters. The highest BCUT2D eigenvalue weighted by molar-refractivity contribution is 6.28. The van der Waals surface area contributed by atoms with Crippen molar-refractivity contribution in [1.29, 1.82) is 0 Å². The molecule has 0 spiro atoms. The van der Waals surface area contributed by atoms with Gasteiger partial charge in [-0.3, -0.25) is 9.36 Å². The molecule has 0 fully saturated rings. The van der Waals surface area contributed by atoms with Crippen LogP contribution in [0.1, 0.15) is 37.7 Å². The zero-order chi connectivity index (χ0) is 15.1. The summed E-state index contributed by atoms with van der Waals surface area (Å²) in [5.74, 6) is 1.32. The maximum Gasteiger partial charge on any atom is 0.279 e. The fourth-order valence-corrected chi connectivity index (χ4v) is 2.80. The molecule has 0 bridgehead atoms. The smallest absolute Gasteiger partial charge is 0.279 e. The van der Waals surface area contributed by atoms with E-state index in [4.69, 9.17) is 11.6 Å². The van der Waals surface area contributed by atoms with Crippen LogP contribution in [-0.4, -0.2) is 19.5 Å². The van der Waals surface area contributed by atoms with Gasteiger partial charge in [-0.15, -0.1) is 0 Å². The highest BCUT2D eigenvalue weighted by Gasteiger charge is 2.19. The molecule has 0 radical (unpaired) electrons. The summed E-state index contributed by atoms with van der Waals surface area (Å²) in [4.78, 5) is 25.3. The molecular formula is C15H17ClN4O. The van der Waals surface area contributed by atoms with Crippen LogP contribution in [0.5, 0.6) is 0 Å². The van der Waals surface area contributed by atoms with E-state index in [1.807, 2.05) is 0 Å². The van der Waals surface area contributed by atoms with Gasteiger partial charge in [-0.05, 0) is 49.3 Å². The molecule has 21 heavy (non-hydrogen) atoms. The molecule has 0 aromatic carbocycles. The van der Waals surface area contributed by atoms with Crippen molar-refractivity contribution >= 4 is 28.2 Å². The molecule has 0 aliphatic heterocycles. The summed E-state index contributed by atoms with van der Waals surface area (Å²) >= 11 is 6.01. The molecule has 5 nitrogen and oxygen atoms in total. The molecule has 110 valence electrons. The van der Waals surface area contributed by atoms with Crippen LogP contribution in [0, 0.1) is 12.8 Å². The van der Waals surface area contributed by atoms with Crippen molar-refractivity contribution in [2.24, 2.45) is 13.0 Å². The Morgan fingerprint density at radius 3 is 2.71 bits per heavy atom. The molecule has 2 heterocycles. The molecule has 0 N–H and O–H groups in total. The van der Waals surface area contributed by atoms with Gasteiger partial charge >= 0.3 is 0 Å². The molecule has 0 saturated carbocycles. The van der Waals surface area contributed by atoms with Gasteiger partial charge in [0.1, 0.15) is 11.3 Å². The van der Waals surface area contributed by atoms with Gasteiger partial charge in [0, 0.05) is 7.05 Å². The first-order valence-electron chi connectivity index (χ1n) is 7.07. The number of aromatic nitrogens is 4. The second kappa shape index (κ2) is 5.22. The van der Waals surface area contributed by atoms with Gasteiger partial charge in [-0.2, -0.15) is 0 Å². The molecule has 1 aliphatic carbocycles. The Morgan fingerprint density at radius 1 is 1.29 bits per heavy atom. The van der Waals surface area contributed by atoms with Crippen molar-refractivity contribution in [3.05, 3.63) is 33.2 Å². The Labute approximate surface area is 127 Å². The van der Waals surface area contributed by atoms with E-state index >= 15 is 0 Å². The van der Waals surface area contributed by atoms with E-state index in [1.165, 1.54) is 4.57 Å². The average molecular weight is 305 g/mol. The van der Waals surface area contributed by atoms with E-state index in [2.05, 4.69) is 28.0 Å². The Kier molecular flexibility index (Phi) is 3.53. The van der Waals surface area contributed by atoms with Crippen LogP contribution >= 0.6 is 11.6 Å². The number of allylic oxidation sites excluding steroid dienone is 2. The highest BCUT2D eigenvalue weighted by atomic mass is 35.5. The minimum Gasteiger partial charge on any atom is -0.298 e. The second-order valence-corrected chi connectivity index (χ2v) is 6.01. The average Bonchev–Trinajstić information content (AvgIpc) is 2.46. The molecule has 0 saturated heterocycles. The Hall–Kier alpha value is -1.75. The summed E-state index contributed by atoms with van der Waals surface area (Å²) in [6, 6.07) is 0. The zero-order valence-corrected chi connectivity index (χ0v) is 13.1. The van der Waals surface area contributed by atoms with Gasteiger partial charge in [0.15, 0.2) is 5.52 Å². The number of hydrogen-bond donors (Lipinski definition) is 0.